The first kappa shape index (κ1) is 29.6. The molecule has 0 aromatic heterocycles. The molecule has 1 aromatic carbocycles. The molecule has 0 aliphatic heterocycles. The second-order valence-corrected chi connectivity index (χ2v) is 10.3. The van der Waals surface area contributed by atoms with Crippen molar-refractivity contribution < 1.29 is 39.1 Å². The van der Waals surface area contributed by atoms with Crippen molar-refractivity contribution in [2.24, 2.45) is 5.92 Å². The Labute approximate surface area is 231 Å². The molecule has 3 atom stereocenters. The average Bonchev–Trinajstić information content (AvgIpc) is 3.75. The molecule has 1 fully saturated rings. The lowest BCUT2D eigenvalue weighted by Crippen LogP contribution is -2.55. The van der Waals surface area contributed by atoms with E-state index in [1.54, 1.807) is 23.1 Å². The van der Waals surface area contributed by atoms with Gasteiger partial charge >= 0.3 is 0 Å². The zero-order valence-corrected chi connectivity index (χ0v) is 23.5. The predicted molar refractivity (Wildman–Crippen MR) is 144 cm³/mol. The summed E-state index contributed by atoms with van der Waals surface area (Å²) in [6.07, 6.45) is 1.91. The molecule has 11 heteroatoms. The van der Waals surface area contributed by atoms with Crippen molar-refractivity contribution in [3.8, 4) is 11.5 Å². The third-order valence-electron chi connectivity index (χ3n) is 6.44. The number of methoxy groups -OCH3 is 1. The fourth-order valence-corrected chi connectivity index (χ4v) is 5.17. The Morgan fingerprint density at radius 1 is 1.24 bits per heavy atom. The molecule has 2 aliphatic carbocycles. The monoisotopic (exact) mass is 632 g/mol. The van der Waals surface area contributed by atoms with Crippen LogP contribution in [-0.4, -0.2) is 90.3 Å². The van der Waals surface area contributed by atoms with Gasteiger partial charge < -0.3 is 39.7 Å². The van der Waals surface area contributed by atoms with E-state index in [9.17, 15) is 19.8 Å². The second-order valence-electron chi connectivity index (χ2n) is 9.14. The summed E-state index contributed by atoms with van der Waals surface area (Å²) in [6, 6.07) is 2.72. The Hall–Kier alpha value is -1.93. The number of ether oxygens (including phenoxy) is 3. The molecule has 3 rings (SSSR count). The number of nitrogens with zero attached hydrogens (tertiary/aromatic N) is 1. The molecule has 206 valence electrons. The molecule has 0 spiro atoms. The number of hydrogen-bond donors (Lipinski definition) is 4. The number of halogens is 1. The molecule has 0 radical (unpaired) electrons. The van der Waals surface area contributed by atoms with Gasteiger partial charge in [0.15, 0.2) is 11.5 Å². The van der Waals surface area contributed by atoms with Gasteiger partial charge in [-0.3, -0.25) is 9.59 Å². The number of nitrogens with one attached hydrogen (secondary N) is 1. The molecule has 0 heterocycles. The van der Waals surface area contributed by atoms with Crippen molar-refractivity contribution in [2.45, 2.75) is 57.5 Å². The Morgan fingerprint density at radius 2 is 2.00 bits per heavy atom. The van der Waals surface area contributed by atoms with Crippen LogP contribution in [0.1, 0.15) is 38.2 Å². The van der Waals surface area contributed by atoms with E-state index in [2.05, 4.69) is 27.9 Å². The molecule has 0 saturated heterocycles. The summed E-state index contributed by atoms with van der Waals surface area (Å²) in [7, 11) is 1.48. The highest BCUT2D eigenvalue weighted by Crippen LogP contribution is 2.38. The van der Waals surface area contributed by atoms with Gasteiger partial charge in [-0.2, -0.15) is 0 Å². The van der Waals surface area contributed by atoms with Crippen LogP contribution >= 0.6 is 22.6 Å². The van der Waals surface area contributed by atoms with E-state index in [1.807, 2.05) is 6.92 Å². The summed E-state index contributed by atoms with van der Waals surface area (Å²) < 4.78 is 17.8. The fraction of sp³-hybridized carbons (Fsp3) is 0.615. The maximum Gasteiger partial charge on any atom is 0.247 e. The van der Waals surface area contributed by atoms with Gasteiger partial charge in [0.05, 0.1) is 29.9 Å². The zero-order chi connectivity index (χ0) is 26.9. The number of aliphatic hydroxyl groups excluding tert-OH is 3. The number of hydrogen-bond acceptors (Lipinski definition) is 8. The van der Waals surface area contributed by atoms with Gasteiger partial charge in [0.2, 0.25) is 11.8 Å². The van der Waals surface area contributed by atoms with Gasteiger partial charge in [0.25, 0.3) is 0 Å². The number of carbonyl (C=O) groups excluding carboxylic acids is 2. The van der Waals surface area contributed by atoms with Crippen molar-refractivity contribution in [1.29, 1.82) is 0 Å². The summed E-state index contributed by atoms with van der Waals surface area (Å²) in [4.78, 5) is 27.9. The number of aliphatic hydroxyl groups is 3. The molecular weight excluding hydrogens is 595 g/mol. The van der Waals surface area contributed by atoms with Crippen LogP contribution in [0.2, 0.25) is 0 Å². The first-order valence-electron chi connectivity index (χ1n) is 12.6. The second kappa shape index (κ2) is 14.3. The molecule has 4 N–H and O–H groups in total. The van der Waals surface area contributed by atoms with E-state index in [0.717, 1.165) is 12.8 Å². The Bertz CT molecular complexity index is 968. The minimum Gasteiger partial charge on any atom is -0.493 e. The minimum absolute atomic E-state index is 0.0317. The SMILES string of the molecule is CCOCCCN(C(=O)C1CC1)C1CC(C(=O)NCCO)=CC(Oc2c(I)cc(CO)cc2OC)C1O. The average molecular weight is 632 g/mol. The summed E-state index contributed by atoms with van der Waals surface area (Å²) >= 11 is 2.07. The van der Waals surface area contributed by atoms with Gasteiger partial charge in [-0.15, -0.1) is 0 Å². The third-order valence-corrected chi connectivity index (χ3v) is 7.24. The van der Waals surface area contributed by atoms with Gasteiger partial charge in [-0.1, -0.05) is 0 Å². The van der Waals surface area contributed by atoms with Crippen LogP contribution in [0, 0.1) is 9.49 Å². The Kier molecular flexibility index (Phi) is 11.4. The van der Waals surface area contributed by atoms with Crippen LogP contribution in [0.5, 0.6) is 11.5 Å². The molecule has 2 aliphatic rings. The van der Waals surface area contributed by atoms with Crippen molar-refractivity contribution in [3.05, 3.63) is 32.9 Å². The molecule has 2 amide bonds. The number of benzene rings is 1. The highest BCUT2D eigenvalue weighted by molar-refractivity contribution is 14.1. The molecule has 1 saturated carbocycles. The first-order chi connectivity index (χ1) is 17.8. The van der Waals surface area contributed by atoms with Crippen molar-refractivity contribution in [2.75, 3.05) is 40.0 Å². The molecular formula is C26H37IN2O8. The number of rotatable bonds is 14. The van der Waals surface area contributed by atoms with E-state index >= 15 is 0 Å². The van der Waals surface area contributed by atoms with Gasteiger partial charge in [-0.25, -0.2) is 0 Å². The summed E-state index contributed by atoms with van der Waals surface area (Å²) in [5.41, 5.74) is 1.01. The van der Waals surface area contributed by atoms with Gasteiger partial charge in [-0.05, 0) is 72.5 Å². The van der Waals surface area contributed by atoms with Crippen molar-refractivity contribution >= 4 is 34.4 Å². The molecule has 0 bridgehead atoms. The van der Waals surface area contributed by atoms with Crippen LogP contribution in [0.4, 0.5) is 0 Å². The van der Waals surface area contributed by atoms with Gasteiger partial charge in [0, 0.05) is 44.2 Å². The molecule has 10 nitrogen and oxygen atoms in total. The zero-order valence-electron chi connectivity index (χ0n) is 21.3. The first-order valence-corrected chi connectivity index (χ1v) is 13.7. The summed E-state index contributed by atoms with van der Waals surface area (Å²) in [5.74, 6) is 0.268. The summed E-state index contributed by atoms with van der Waals surface area (Å²) in [5, 5.41) is 32.9. The lowest BCUT2D eigenvalue weighted by atomic mass is 9.87. The topological polar surface area (TPSA) is 138 Å². The van der Waals surface area contributed by atoms with Crippen LogP contribution in [0.25, 0.3) is 0 Å². The van der Waals surface area contributed by atoms with E-state index in [4.69, 9.17) is 19.3 Å². The van der Waals surface area contributed by atoms with Gasteiger partial charge in [0.1, 0.15) is 12.2 Å². The molecule has 3 unspecified atom stereocenters. The maximum atomic E-state index is 13.3. The summed E-state index contributed by atoms with van der Waals surface area (Å²) in [6.45, 7) is 3.07. The van der Waals surface area contributed by atoms with Crippen LogP contribution in [-0.2, 0) is 20.9 Å². The van der Waals surface area contributed by atoms with Crippen LogP contribution < -0.4 is 14.8 Å². The fourth-order valence-electron chi connectivity index (χ4n) is 4.38. The predicted octanol–water partition coefficient (Wildman–Crippen LogP) is 1.37. The highest BCUT2D eigenvalue weighted by Gasteiger charge is 2.43. The smallest absolute Gasteiger partial charge is 0.247 e. The Balaban J connectivity index is 1.94. The minimum atomic E-state index is -1.11. The quantitative estimate of drug-likeness (QED) is 0.178. The largest absolute Gasteiger partial charge is 0.493 e. The standard InChI is InChI=1S/C26H37IN2O8/c1-3-36-10-4-8-29(26(34)17-5-6-17)20-13-18(25(33)28-7-9-30)14-21(23(20)32)37-24-19(27)11-16(15-31)12-22(24)35-2/h11-12,14,17,20-21,23,30-32H,3-10,13,15H2,1-2H3,(H,28,33). The van der Waals surface area contributed by atoms with Crippen molar-refractivity contribution in [1.82, 2.24) is 10.2 Å². The lowest BCUT2D eigenvalue weighted by molar-refractivity contribution is -0.140. The normalized spacial score (nSPS) is 21.2. The van der Waals surface area contributed by atoms with Crippen LogP contribution in [0.15, 0.2) is 23.8 Å². The molecule has 1 aromatic rings. The number of carbonyl (C=O) groups is 2. The van der Waals surface area contributed by atoms with E-state index in [-0.39, 0.29) is 43.9 Å². The third kappa shape index (κ3) is 7.79. The van der Waals surface area contributed by atoms with E-state index in [0.29, 0.717) is 52.4 Å². The maximum absolute atomic E-state index is 13.3. The van der Waals surface area contributed by atoms with Crippen molar-refractivity contribution in [3.63, 3.8) is 0 Å². The van der Waals surface area contributed by atoms with E-state index in [1.165, 1.54) is 7.11 Å². The molecule has 37 heavy (non-hydrogen) atoms. The lowest BCUT2D eigenvalue weighted by Gasteiger charge is -2.41. The Morgan fingerprint density at radius 3 is 2.62 bits per heavy atom. The highest BCUT2D eigenvalue weighted by atomic mass is 127. The van der Waals surface area contributed by atoms with Crippen LogP contribution in [0.3, 0.4) is 0 Å². The van der Waals surface area contributed by atoms with E-state index < -0.39 is 18.2 Å². The number of amides is 2.